The minimum Gasteiger partial charge on any atom is -0.450 e. The van der Waals surface area contributed by atoms with E-state index in [0.717, 1.165) is 11.6 Å². The van der Waals surface area contributed by atoms with Gasteiger partial charge in [0, 0.05) is 32.6 Å². The molecule has 37 heavy (non-hydrogen) atoms. The molecule has 0 spiro atoms. The van der Waals surface area contributed by atoms with E-state index in [9.17, 15) is 18.9 Å². The molecule has 190 valence electrons. The van der Waals surface area contributed by atoms with Gasteiger partial charge in [0.15, 0.2) is 17.4 Å². The molecule has 0 saturated carbocycles. The number of nitrogens with zero attached hydrogens (tertiary/aromatic N) is 4. The topological polar surface area (TPSA) is 103 Å². The van der Waals surface area contributed by atoms with Crippen LogP contribution in [-0.4, -0.2) is 29.2 Å². The second kappa shape index (κ2) is 10.5. The highest BCUT2D eigenvalue weighted by atomic mass is 28.3. The van der Waals surface area contributed by atoms with Gasteiger partial charge < -0.3 is 14.0 Å². The van der Waals surface area contributed by atoms with Crippen LogP contribution in [0.5, 0.6) is 11.5 Å². The minimum atomic E-state index is -1.29. The Morgan fingerprint density at radius 2 is 1.81 bits per heavy atom. The second-order valence-electron chi connectivity index (χ2n) is 9.66. The lowest BCUT2D eigenvalue weighted by Crippen LogP contribution is -2.22. The summed E-state index contributed by atoms with van der Waals surface area (Å²) >= 11 is 0. The number of nitro groups is 1. The highest BCUT2D eigenvalue weighted by molar-refractivity contribution is 6.76. The van der Waals surface area contributed by atoms with Crippen LogP contribution in [0.2, 0.25) is 25.7 Å². The second-order valence-corrected chi connectivity index (χ2v) is 15.3. The molecular formula is C26H24F2N4O4Si. The normalized spacial score (nSPS) is 11.5. The molecule has 0 saturated heterocycles. The molecule has 2 aromatic carbocycles. The predicted molar refractivity (Wildman–Crippen MR) is 137 cm³/mol. The van der Waals surface area contributed by atoms with Crippen LogP contribution in [-0.2, 0) is 11.5 Å². The van der Waals surface area contributed by atoms with Crippen molar-refractivity contribution in [2.75, 3.05) is 6.61 Å². The molecule has 0 bridgehead atoms. The third kappa shape index (κ3) is 5.82. The van der Waals surface area contributed by atoms with Crippen molar-refractivity contribution in [3.05, 3.63) is 82.2 Å². The maximum atomic E-state index is 14.6. The van der Waals surface area contributed by atoms with Crippen molar-refractivity contribution >= 4 is 24.8 Å². The number of nitro benzene ring substituents is 1. The predicted octanol–water partition coefficient (Wildman–Crippen LogP) is 6.87. The van der Waals surface area contributed by atoms with Crippen molar-refractivity contribution in [2.45, 2.75) is 32.4 Å². The Kier molecular flexibility index (Phi) is 7.33. The van der Waals surface area contributed by atoms with Crippen molar-refractivity contribution in [3.8, 4) is 28.7 Å². The first-order valence-corrected chi connectivity index (χ1v) is 15.2. The summed E-state index contributed by atoms with van der Waals surface area (Å²) in [6, 6.07) is 12.6. The van der Waals surface area contributed by atoms with Gasteiger partial charge in [-0.1, -0.05) is 31.8 Å². The molecule has 0 radical (unpaired) electrons. The highest BCUT2D eigenvalue weighted by Gasteiger charge is 2.22. The summed E-state index contributed by atoms with van der Waals surface area (Å²) in [6.45, 7) is 7.55. The van der Waals surface area contributed by atoms with Gasteiger partial charge in [-0.05, 0) is 29.8 Å². The number of non-ortho nitro benzene ring substituents is 1. The molecule has 4 rings (SSSR count). The first kappa shape index (κ1) is 25.9. The van der Waals surface area contributed by atoms with Crippen molar-refractivity contribution < 1.29 is 23.2 Å². The highest BCUT2D eigenvalue weighted by Crippen LogP contribution is 2.40. The van der Waals surface area contributed by atoms with Crippen LogP contribution < -0.4 is 4.74 Å². The number of rotatable bonds is 9. The summed E-state index contributed by atoms with van der Waals surface area (Å²) in [6.07, 6.45) is 3.25. The van der Waals surface area contributed by atoms with Crippen LogP contribution in [0.1, 0.15) is 5.56 Å². The van der Waals surface area contributed by atoms with Crippen molar-refractivity contribution in [1.82, 2.24) is 9.55 Å². The lowest BCUT2D eigenvalue weighted by Gasteiger charge is -2.15. The fraction of sp³-hybridized carbons (Fsp3) is 0.231. The lowest BCUT2D eigenvalue weighted by atomic mass is 10.0. The third-order valence-corrected chi connectivity index (χ3v) is 7.38. The third-order valence-electron chi connectivity index (χ3n) is 5.68. The zero-order chi connectivity index (χ0) is 26.7. The average molecular weight is 523 g/mol. The van der Waals surface area contributed by atoms with E-state index in [4.69, 9.17) is 14.7 Å². The Bertz CT molecular complexity index is 1490. The molecule has 2 heterocycles. The van der Waals surface area contributed by atoms with Crippen molar-refractivity contribution in [3.63, 3.8) is 0 Å². The SMILES string of the molecule is C[Si](C)(C)CCOCn1cc(-c2ccc(C#N)cc2)c2c(Oc3c(F)cc([N+](=O)[O-])cc3F)ccnc21. The molecule has 0 aliphatic rings. The smallest absolute Gasteiger partial charge is 0.275 e. The number of aromatic nitrogens is 2. The summed E-state index contributed by atoms with van der Waals surface area (Å²) in [5.41, 5.74) is 1.60. The van der Waals surface area contributed by atoms with Crippen LogP contribution in [0.15, 0.2) is 54.9 Å². The Labute approximate surface area is 212 Å². The van der Waals surface area contributed by atoms with Gasteiger partial charge in [-0.3, -0.25) is 10.1 Å². The number of ether oxygens (including phenoxy) is 2. The van der Waals surface area contributed by atoms with Crippen LogP contribution in [0.3, 0.4) is 0 Å². The molecule has 0 atom stereocenters. The minimum absolute atomic E-state index is 0.108. The van der Waals surface area contributed by atoms with Gasteiger partial charge >= 0.3 is 0 Å². The molecule has 0 aliphatic carbocycles. The lowest BCUT2D eigenvalue weighted by molar-refractivity contribution is -0.385. The summed E-state index contributed by atoms with van der Waals surface area (Å²) in [4.78, 5) is 14.5. The standard InChI is InChI=1S/C26H24F2N4O4Si/c1-37(2,3)11-10-35-16-31-15-20(18-6-4-17(14-29)5-7-18)24-23(8-9-30-26(24)31)36-25-21(27)12-19(32(33)34)13-22(25)28/h4-9,12-13,15H,10-11,16H2,1-3H3. The summed E-state index contributed by atoms with van der Waals surface area (Å²) in [5, 5.41) is 20.6. The quantitative estimate of drug-likeness (QED) is 0.103. The fourth-order valence-corrected chi connectivity index (χ4v) is 4.47. The molecule has 0 amide bonds. The van der Waals surface area contributed by atoms with Gasteiger partial charge in [0.2, 0.25) is 0 Å². The zero-order valence-corrected chi connectivity index (χ0v) is 21.5. The Morgan fingerprint density at radius 1 is 1.14 bits per heavy atom. The van der Waals surface area contributed by atoms with Gasteiger partial charge in [0.25, 0.3) is 5.69 Å². The molecule has 8 nitrogen and oxygen atoms in total. The molecule has 2 aromatic heterocycles. The van der Waals surface area contributed by atoms with E-state index in [-0.39, 0.29) is 12.5 Å². The number of hydrogen-bond acceptors (Lipinski definition) is 6. The maximum Gasteiger partial charge on any atom is 0.275 e. The van der Waals surface area contributed by atoms with E-state index in [1.54, 1.807) is 28.8 Å². The number of pyridine rings is 1. The number of halogens is 2. The summed E-state index contributed by atoms with van der Waals surface area (Å²) < 4.78 is 42.6. The Morgan fingerprint density at radius 3 is 2.41 bits per heavy atom. The molecule has 0 aliphatic heterocycles. The monoisotopic (exact) mass is 522 g/mol. The number of benzene rings is 2. The Hall–Kier alpha value is -4.14. The van der Waals surface area contributed by atoms with Crippen LogP contribution in [0, 0.1) is 33.1 Å². The van der Waals surface area contributed by atoms with E-state index >= 15 is 0 Å². The van der Waals surface area contributed by atoms with E-state index < -0.39 is 36.1 Å². The first-order chi connectivity index (χ1) is 17.6. The molecule has 0 fully saturated rings. The molecule has 11 heteroatoms. The number of nitriles is 1. The maximum absolute atomic E-state index is 14.6. The van der Waals surface area contributed by atoms with Gasteiger partial charge in [0.1, 0.15) is 18.1 Å². The van der Waals surface area contributed by atoms with E-state index in [1.165, 1.54) is 12.3 Å². The fourth-order valence-electron chi connectivity index (χ4n) is 3.71. The molecule has 0 N–H and O–H groups in total. The number of hydrogen-bond donors (Lipinski definition) is 0. The van der Waals surface area contributed by atoms with Gasteiger partial charge in [-0.25, -0.2) is 13.8 Å². The number of fused-ring (bicyclic) bond motifs is 1. The average Bonchev–Trinajstić information content (AvgIpc) is 3.22. The summed E-state index contributed by atoms with van der Waals surface area (Å²) in [5.74, 6) is -3.06. The van der Waals surface area contributed by atoms with Gasteiger partial charge in [0.05, 0.1) is 34.1 Å². The van der Waals surface area contributed by atoms with Crippen LogP contribution in [0.25, 0.3) is 22.2 Å². The van der Waals surface area contributed by atoms with E-state index in [1.807, 2.05) is 6.20 Å². The van der Waals surface area contributed by atoms with Crippen LogP contribution in [0.4, 0.5) is 14.5 Å². The van der Waals surface area contributed by atoms with Gasteiger partial charge in [-0.15, -0.1) is 0 Å². The van der Waals surface area contributed by atoms with Gasteiger partial charge in [-0.2, -0.15) is 5.26 Å². The summed E-state index contributed by atoms with van der Waals surface area (Å²) in [7, 11) is -1.29. The van der Waals surface area contributed by atoms with E-state index in [0.29, 0.717) is 40.9 Å². The molecule has 0 unspecified atom stereocenters. The van der Waals surface area contributed by atoms with Crippen molar-refractivity contribution in [1.29, 1.82) is 5.26 Å². The first-order valence-electron chi connectivity index (χ1n) is 11.4. The molecular weight excluding hydrogens is 498 g/mol. The molecule has 4 aromatic rings. The largest absolute Gasteiger partial charge is 0.450 e. The zero-order valence-electron chi connectivity index (χ0n) is 20.5. The Balaban J connectivity index is 1.79. The van der Waals surface area contributed by atoms with Crippen LogP contribution >= 0.6 is 0 Å². The van der Waals surface area contributed by atoms with E-state index in [2.05, 4.69) is 30.7 Å². The van der Waals surface area contributed by atoms with Crippen molar-refractivity contribution in [2.24, 2.45) is 0 Å².